The minimum absolute atomic E-state index is 0. The predicted octanol–water partition coefficient (Wildman–Crippen LogP) is 4.58. The minimum atomic E-state index is 0. The molecule has 0 saturated heterocycles. The van der Waals surface area contributed by atoms with Gasteiger partial charge in [0.25, 0.3) is 0 Å². The summed E-state index contributed by atoms with van der Waals surface area (Å²) in [6.45, 7) is 6.64. The van der Waals surface area contributed by atoms with E-state index in [0.717, 1.165) is 6.42 Å². The van der Waals surface area contributed by atoms with Gasteiger partial charge in [-0.15, -0.1) is 6.42 Å². The molecular weight excluding hydrogens is 313 g/mol. The zero-order valence-corrected chi connectivity index (χ0v) is 16.7. The maximum atomic E-state index is 3.50. The first-order valence-corrected chi connectivity index (χ1v) is 6.07. The second kappa shape index (κ2) is 20.6. The molecule has 0 spiro atoms. The monoisotopic (exact) mass is 343 g/mol. The molecule has 1 rings (SSSR count). The van der Waals surface area contributed by atoms with Gasteiger partial charge in [0.15, 0.2) is 0 Å². The molecule has 1 aliphatic rings. The average molecular weight is 345 g/mol. The van der Waals surface area contributed by atoms with E-state index >= 15 is 0 Å². The number of rotatable bonds is 0. The molecule has 1 aliphatic carbocycles. The van der Waals surface area contributed by atoms with Gasteiger partial charge in [0.2, 0.25) is 0 Å². The fraction of sp³-hybridized carbons (Fsp3) is 0.733. The summed E-state index contributed by atoms with van der Waals surface area (Å²) in [4.78, 5) is 0. The van der Waals surface area contributed by atoms with Crippen LogP contribution >= 0.6 is 0 Å². The third-order valence-corrected chi connectivity index (χ3v) is 1.50. The molecular formula is C15H31N3Zr. The number of allylic oxidation sites excluding steroid dienone is 4. The zero-order chi connectivity index (χ0) is 15.0. The topological polar surface area (TPSA) is 42.3 Å². The number of nitrogens with zero attached hydrogens (tertiary/aromatic N) is 3. The van der Waals surface area contributed by atoms with Crippen molar-refractivity contribution >= 4 is 0 Å². The molecule has 19 heavy (non-hydrogen) atoms. The van der Waals surface area contributed by atoms with Gasteiger partial charge in [-0.25, -0.2) is 11.6 Å². The minimum Gasteiger partial charge on any atom is -0.668 e. The van der Waals surface area contributed by atoms with Crippen molar-refractivity contribution in [2.45, 2.75) is 27.2 Å². The van der Waals surface area contributed by atoms with Crippen molar-refractivity contribution in [1.29, 1.82) is 0 Å². The molecule has 0 radical (unpaired) electrons. The molecule has 0 saturated carbocycles. The Balaban J connectivity index is -0.0000000956. The van der Waals surface area contributed by atoms with E-state index in [9.17, 15) is 0 Å². The van der Waals surface area contributed by atoms with E-state index in [1.54, 1.807) is 42.3 Å². The first-order valence-electron chi connectivity index (χ1n) is 6.07. The first-order chi connectivity index (χ1) is 8.35. The van der Waals surface area contributed by atoms with Crippen LogP contribution in [0.15, 0.2) is 17.7 Å². The van der Waals surface area contributed by atoms with Crippen molar-refractivity contribution in [3.05, 3.63) is 39.8 Å². The van der Waals surface area contributed by atoms with Crippen molar-refractivity contribution in [2.75, 3.05) is 42.3 Å². The average Bonchev–Trinajstić information content (AvgIpc) is 2.72. The van der Waals surface area contributed by atoms with Crippen molar-refractivity contribution in [3.63, 3.8) is 0 Å². The molecule has 0 bridgehead atoms. The van der Waals surface area contributed by atoms with Crippen LogP contribution in [0.3, 0.4) is 0 Å². The van der Waals surface area contributed by atoms with Gasteiger partial charge < -0.3 is 16.0 Å². The summed E-state index contributed by atoms with van der Waals surface area (Å²) in [6, 6.07) is 0. The standard InChI is InChI=1S/C9H13.3C2H6N.Zr/c1-9(2,3)8-6-4-5-7-8;3*1-3-2;/h4,6H,5H2,1-3H3;3*1-2H3;/q4*-1;+4. The predicted molar refractivity (Wildman–Crippen MR) is 85.6 cm³/mol. The van der Waals surface area contributed by atoms with Crippen LogP contribution in [0.5, 0.6) is 0 Å². The largest absolute Gasteiger partial charge is 4.00 e. The van der Waals surface area contributed by atoms with Crippen LogP contribution in [0.4, 0.5) is 0 Å². The smallest absolute Gasteiger partial charge is 0.668 e. The van der Waals surface area contributed by atoms with E-state index in [-0.39, 0.29) is 26.2 Å². The molecule has 0 atom stereocenters. The third kappa shape index (κ3) is 27.4. The molecule has 0 aliphatic heterocycles. The van der Waals surface area contributed by atoms with Gasteiger partial charge in [0.05, 0.1) is 0 Å². The first kappa shape index (κ1) is 27.6. The van der Waals surface area contributed by atoms with Gasteiger partial charge in [0, 0.05) is 0 Å². The molecule has 0 N–H and O–H groups in total. The van der Waals surface area contributed by atoms with Crippen LogP contribution in [0.2, 0.25) is 0 Å². The quantitative estimate of drug-likeness (QED) is 0.577. The summed E-state index contributed by atoms with van der Waals surface area (Å²) < 4.78 is 0. The van der Waals surface area contributed by atoms with Crippen LogP contribution in [0.1, 0.15) is 27.2 Å². The normalized spacial score (nSPS) is 11.5. The maximum Gasteiger partial charge on any atom is 4.00 e. The second-order valence-corrected chi connectivity index (χ2v) is 4.79. The Morgan fingerprint density at radius 3 is 1.32 bits per heavy atom. The molecule has 0 unspecified atom stereocenters. The Morgan fingerprint density at radius 2 is 1.21 bits per heavy atom. The van der Waals surface area contributed by atoms with E-state index in [1.165, 1.54) is 5.57 Å². The van der Waals surface area contributed by atoms with Crippen LogP contribution in [-0.2, 0) is 26.2 Å². The SMILES string of the molecule is CC(C)(C)C1=[C-]CC=C1.C[N-]C.C[N-]C.C[N-]C.[Zr+4]. The van der Waals surface area contributed by atoms with E-state index in [2.05, 4.69) is 54.9 Å². The molecule has 0 aromatic rings. The molecule has 0 amide bonds. The summed E-state index contributed by atoms with van der Waals surface area (Å²) in [6.07, 6.45) is 8.63. The van der Waals surface area contributed by atoms with Gasteiger partial charge in [-0.2, -0.15) is 48.4 Å². The maximum absolute atomic E-state index is 3.50. The van der Waals surface area contributed by atoms with Gasteiger partial charge in [-0.3, -0.25) is 6.08 Å². The summed E-state index contributed by atoms with van der Waals surface area (Å²) in [5, 5.41) is 10.5. The van der Waals surface area contributed by atoms with Crippen molar-refractivity contribution in [2.24, 2.45) is 5.41 Å². The van der Waals surface area contributed by atoms with E-state index in [4.69, 9.17) is 0 Å². The molecule has 4 heteroatoms. The molecule has 0 heterocycles. The van der Waals surface area contributed by atoms with Crippen LogP contribution in [0.25, 0.3) is 16.0 Å². The fourth-order valence-corrected chi connectivity index (χ4v) is 0.920. The Labute approximate surface area is 140 Å². The summed E-state index contributed by atoms with van der Waals surface area (Å²) in [5.41, 5.74) is 1.65. The Bertz CT molecular complexity index is 201. The van der Waals surface area contributed by atoms with Crippen molar-refractivity contribution in [3.8, 4) is 0 Å². The number of hydrogen-bond acceptors (Lipinski definition) is 0. The Hall–Kier alpha value is 0.243. The molecule has 110 valence electrons. The molecule has 3 nitrogen and oxygen atoms in total. The third-order valence-electron chi connectivity index (χ3n) is 1.50. The van der Waals surface area contributed by atoms with Crippen molar-refractivity contribution < 1.29 is 26.2 Å². The van der Waals surface area contributed by atoms with Gasteiger partial charge in [-0.1, -0.05) is 20.8 Å². The number of hydrogen-bond donors (Lipinski definition) is 0. The van der Waals surface area contributed by atoms with Gasteiger partial charge in [-0.05, 0) is 5.41 Å². The molecule has 0 aromatic heterocycles. The molecule has 0 fully saturated rings. The summed E-state index contributed by atoms with van der Waals surface area (Å²) in [7, 11) is 10.5. The second-order valence-electron chi connectivity index (χ2n) is 4.79. The Morgan fingerprint density at radius 1 is 0.895 bits per heavy atom. The van der Waals surface area contributed by atoms with Gasteiger partial charge >= 0.3 is 26.2 Å². The van der Waals surface area contributed by atoms with Gasteiger partial charge in [0.1, 0.15) is 0 Å². The fourth-order valence-electron chi connectivity index (χ4n) is 0.920. The molecule has 0 aromatic carbocycles. The van der Waals surface area contributed by atoms with E-state index in [1.807, 2.05) is 0 Å². The van der Waals surface area contributed by atoms with Crippen molar-refractivity contribution in [1.82, 2.24) is 0 Å². The van der Waals surface area contributed by atoms with Crippen LogP contribution in [0, 0.1) is 11.5 Å². The van der Waals surface area contributed by atoms with Crippen LogP contribution < -0.4 is 0 Å². The van der Waals surface area contributed by atoms with Crippen LogP contribution in [-0.4, -0.2) is 42.3 Å². The summed E-state index contributed by atoms with van der Waals surface area (Å²) >= 11 is 0. The Kier molecular flexibility index (Phi) is 29.8. The summed E-state index contributed by atoms with van der Waals surface area (Å²) in [5.74, 6) is 0. The van der Waals surface area contributed by atoms with E-state index in [0.29, 0.717) is 5.41 Å². The van der Waals surface area contributed by atoms with E-state index < -0.39 is 0 Å². The zero-order valence-electron chi connectivity index (χ0n) is 14.2.